The number of aryl methyl sites for hydroxylation is 1. The standard InChI is InChI=1S/C24H20ClF4N7O2/c25-13-8-30-21(31-9-13)14-7-18-15(6-16(14)26)23(38)36(11-32-18)5-1-2-17(12-3-4-12)34-19-10-33-35-22(37)20(19)24(27,28)29/h6-12,17H,1-5H2,(H2,34,35,37)/t17-/m1/s1. The fraction of sp³-hybridized carbons (Fsp3) is 0.333. The molecule has 3 heterocycles. The first-order valence-electron chi connectivity index (χ1n) is 11.7. The zero-order valence-corrected chi connectivity index (χ0v) is 20.4. The zero-order valence-electron chi connectivity index (χ0n) is 19.6. The molecular formula is C24H20ClF4N7O2. The number of rotatable bonds is 8. The fourth-order valence-electron chi connectivity index (χ4n) is 4.36. The summed E-state index contributed by atoms with van der Waals surface area (Å²) < 4.78 is 56.4. The Balaban J connectivity index is 1.32. The van der Waals surface area contributed by atoms with Gasteiger partial charge >= 0.3 is 6.18 Å². The maximum atomic E-state index is 14.8. The Labute approximate surface area is 216 Å². The van der Waals surface area contributed by atoms with Crippen molar-refractivity contribution in [2.24, 2.45) is 5.92 Å². The Hall–Kier alpha value is -3.87. The molecule has 1 atom stereocenters. The molecule has 0 aliphatic heterocycles. The Morgan fingerprint density at radius 1 is 1.13 bits per heavy atom. The van der Waals surface area contributed by atoms with Gasteiger partial charge in [-0.3, -0.25) is 14.2 Å². The first kappa shape index (κ1) is 25.8. The maximum absolute atomic E-state index is 14.8. The first-order valence-corrected chi connectivity index (χ1v) is 12.1. The molecule has 0 unspecified atom stereocenters. The number of aromatic nitrogens is 6. The van der Waals surface area contributed by atoms with E-state index in [-0.39, 0.29) is 46.5 Å². The van der Waals surface area contributed by atoms with Gasteiger partial charge in [0.2, 0.25) is 0 Å². The second kappa shape index (κ2) is 10.1. The SMILES string of the molecule is O=c1[nH]ncc(N[C@H](CCCn2cnc3cc(-c4ncc(Cl)cn4)c(F)cc3c2=O)C2CC2)c1C(F)(F)F. The topological polar surface area (TPSA) is 118 Å². The quantitative estimate of drug-likeness (QED) is 0.312. The number of benzene rings is 1. The van der Waals surface area contributed by atoms with Gasteiger partial charge in [0.25, 0.3) is 11.1 Å². The lowest BCUT2D eigenvalue weighted by Crippen LogP contribution is -2.30. The summed E-state index contributed by atoms with van der Waals surface area (Å²) in [7, 11) is 0. The van der Waals surface area contributed by atoms with Crippen LogP contribution in [0.3, 0.4) is 0 Å². The number of alkyl halides is 3. The maximum Gasteiger partial charge on any atom is 0.423 e. The van der Waals surface area contributed by atoms with Crippen LogP contribution >= 0.6 is 11.6 Å². The molecule has 0 amide bonds. The molecule has 1 saturated carbocycles. The van der Waals surface area contributed by atoms with Crippen LogP contribution in [0.4, 0.5) is 23.2 Å². The molecule has 0 saturated heterocycles. The summed E-state index contributed by atoms with van der Waals surface area (Å²) in [6, 6.07) is 2.13. The van der Waals surface area contributed by atoms with Crippen molar-refractivity contribution < 1.29 is 17.6 Å². The van der Waals surface area contributed by atoms with E-state index < -0.39 is 28.7 Å². The van der Waals surface area contributed by atoms with E-state index in [0.717, 1.165) is 25.1 Å². The second-order valence-corrected chi connectivity index (χ2v) is 9.47. The minimum absolute atomic E-state index is 0.0731. The lowest BCUT2D eigenvalue weighted by atomic mass is 10.1. The highest BCUT2D eigenvalue weighted by atomic mass is 35.5. The molecule has 3 aromatic heterocycles. The minimum Gasteiger partial charge on any atom is -0.380 e. The predicted molar refractivity (Wildman–Crippen MR) is 131 cm³/mol. The van der Waals surface area contributed by atoms with Crippen LogP contribution in [-0.2, 0) is 12.7 Å². The molecule has 1 aromatic carbocycles. The van der Waals surface area contributed by atoms with Gasteiger partial charge in [0.05, 0.1) is 39.7 Å². The third-order valence-electron chi connectivity index (χ3n) is 6.36. The molecule has 14 heteroatoms. The van der Waals surface area contributed by atoms with Gasteiger partial charge in [-0.2, -0.15) is 18.3 Å². The molecule has 0 spiro atoms. The Kier molecular flexibility index (Phi) is 6.86. The fourth-order valence-corrected chi connectivity index (χ4v) is 4.45. The molecule has 0 bridgehead atoms. The van der Waals surface area contributed by atoms with Crippen LogP contribution in [0.2, 0.25) is 5.02 Å². The normalized spacial score (nSPS) is 14.6. The lowest BCUT2D eigenvalue weighted by molar-refractivity contribution is -0.138. The summed E-state index contributed by atoms with van der Waals surface area (Å²) in [6.45, 7) is 0.218. The van der Waals surface area contributed by atoms with Crippen molar-refractivity contribution >= 4 is 28.2 Å². The first-order chi connectivity index (χ1) is 18.1. The summed E-state index contributed by atoms with van der Waals surface area (Å²) in [5, 5.41) is 8.53. The van der Waals surface area contributed by atoms with Crippen molar-refractivity contribution in [3.63, 3.8) is 0 Å². The molecular weight excluding hydrogens is 530 g/mol. The molecule has 38 heavy (non-hydrogen) atoms. The van der Waals surface area contributed by atoms with Crippen LogP contribution < -0.4 is 16.4 Å². The van der Waals surface area contributed by atoms with Gasteiger partial charge in [-0.15, -0.1) is 0 Å². The number of halogens is 5. The van der Waals surface area contributed by atoms with Gasteiger partial charge in [0.15, 0.2) is 5.82 Å². The predicted octanol–water partition coefficient (Wildman–Crippen LogP) is 4.42. The molecule has 1 aliphatic carbocycles. The van der Waals surface area contributed by atoms with Crippen molar-refractivity contribution in [3.05, 3.63) is 74.2 Å². The number of nitrogens with one attached hydrogen (secondary N) is 2. The monoisotopic (exact) mass is 549 g/mol. The number of hydrogen-bond acceptors (Lipinski definition) is 7. The minimum atomic E-state index is -4.84. The van der Waals surface area contributed by atoms with Crippen molar-refractivity contribution in [1.82, 2.24) is 29.7 Å². The number of H-pyrrole nitrogens is 1. The van der Waals surface area contributed by atoms with Gasteiger partial charge in [0.1, 0.15) is 11.4 Å². The van der Waals surface area contributed by atoms with E-state index in [9.17, 15) is 27.2 Å². The summed E-state index contributed by atoms with van der Waals surface area (Å²) >= 11 is 5.78. The van der Waals surface area contributed by atoms with E-state index in [4.69, 9.17) is 11.6 Å². The molecule has 5 rings (SSSR count). The molecule has 1 fully saturated rings. The Morgan fingerprint density at radius 3 is 2.55 bits per heavy atom. The number of hydrogen-bond donors (Lipinski definition) is 2. The smallest absolute Gasteiger partial charge is 0.380 e. The van der Waals surface area contributed by atoms with Crippen molar-refractivity contribution in [2.45, 2.75) is 44.4 Å². The van der Waals surface area contributed by atoms with Crippen LogP contribution in [0.1, 0.15) is 31.2 Å². The molecule has 198 valence electrons. The van der Waals surface area contributed by atoms with E-state index in [1.54, 1.807) is 0 Å². The average molecular weight is 550 g/mol. The van der Waals surface area contributed by atoms with Crippen molar-refractivity contribution in [2.75, 3.05) is 5.32 Å². The summed E-state index contributed by atoms with van der Waals surface area (Å²) in [5.41, 5.74) is -3.13. The third-order valence-corrected chi connectivity index (χ3v) is 6.55. The van der Waals surface area contributed by atoms with Crippen molar-refractivity contribution in [3.8, 4) is 11.4 Å². The summed E-state index contributed by atoms with van der Waals surface area (Å²) in [5.74, 6) is -0.450. The van der Waals surface area contributed by atoms with E-state index in [1.165, 1.54) is 29.4 Å². The molecule has 0 radical (unpaired) electrons. The van der Waals surface area contributed by atoms with Gasteiger partial charge in [0, 0.05) is 25.0 Å². The van der Waals surface area contributed by atoms with E-state index in [1.807, 2.05) is 5.10 Å². The molecule has 2 N–H and O–H groups in total. The number of nitrogens with zero attached hydrogens (tertiary/aromatic N) is 5. The third kappa shape index (κ3) is 5.37. The zero-order chi connectivity index (χ0) is 27.0. The van der Waals surface area contributed by atoms with Gasteiger partial charge < -0.3 is 5.32 Å². The van der Waals surface area contributed by atoms with Crippen molar-refractivity contribution in [1.29, 1.82) is 0 Å². The van der Waals surface area contributed by atoms with Gasteiger partial charge in [-0.1, -0.05) is 11.6 Å². The van der Waals surface area contributed by atoms with Gasteiger partial charge in [-0.05, 0) is 43.7 Å². The molecule has 4 aromatic rings. The highest BCUT2D eigenvalue weighted by molar-refractivity contribution is 6.30. The largest absolute Gasteiger partial charge is 0.423 e. The van der Waals surface area contributed by atoms with Crippen LogP contribution in [0.5, 0.6) is 0 Å². The number of fused-ring (bicyclic) bond motifs is 1. The highest BCUT2D eigenvalue weighted by Crippen LogP contribution is 2.38. The number of aromatic amines is 1. The number of anilines is 1. The Morgan fingerprint density at radius 2 is 1.87 bits per heavy atom. The summed E-state index contributed by atoms with van der Waals surface area (Å²) in [4.78, 5) is 37.1. The van der Waals surface area contributed by atoms with E-state index >= 15 is 0 Å². The van der Waals surface area contributed by atoms with E-state index in [2.05, 4.69) is 25.4 Å². The van der Waals surface area contributed by atoms with Crippen LogP contribution in [0.25, 0.3) is 22.3 Å². The molecule has 1 aliphatic rings. The van der Waals surface area contributed by atoms with Crippen LogP contribution in [0.15, 0.2) is 46.6 Å². The van der Waals surface area contributed by atoms with Crippen LogP contribution in [-0.4, -0.2) is 35.8 Å². The second-order valence-electron chi connectivity index (χ2n) is 9.03. The highest BCUT2D eigenvalue weighted by Gasteiger charge is 2.39. The average Bonchev–Trinajstić information content (AvgIpc) is 3.70. The summed E-state index contributed by atoms with van der Waals surface area (Å²) in [6.07, 6.45) is 2.66. The van der Waals surface area contributed by atoms with Crippen LogP contribution in [0, 0.1) is 11.7 Å². The van der Waals surface area contributed by atoms with E-state index in [0.29, 0.717) is 17.9 Å². The van der Waals surface area contributed by atoms with Gasteiger partial charge in [-0.25, -0.2) is 24.4 Å². The molecule has 9 nitrogen and oxygen atoms in total. The lowest BCUT2D eigenvalue weighted by Gasteiger charge is -2.21. The Bertz CT molecular complexity index is 1600.